The monoisotopic (exact) mass is 266 g/mol. The van der Waals surface area contributed by atoms with Crippen LogP contribution in [0.3, 0.4) is 0 Å². The van der Waals surface area contributed by atoms with Crippen molar-refractivity contribution in [3.05, 3.63) is 65.0 Å². The van der Waals surface area contributed by atoms with Crippen molar-refractivity contribution < 1.29 is 4.92 Å². The number of nitrogens with one attached hydrogen (secondary N) is 1. The third kappa shape index (κ3) is 2.39. The number of fused-ring (bicyclic) bond motifs is 1. The van der Waals surface area contributed by atoms with E-state index in [1.807, 2.05) is 30.3 Å². The standard InChI is InChI=1S/C14H10N4O2/c19-18(20)12-5-6-14(16-9-12)17-11-7-10-3-1-2-4-13(10)15-8-11/h1-9H,(H,16,17). The third-order valence-corrected chi connectivity index (χ3v) is 2.82. The first-order chi connectivity index (χ1) is 9.72. The molecule has 3 rings (SSSR count). The Morgan fingerprint density at radius 1 is 1.05 bits per heavy atom. The molecule has 0 saturated heterocycles. The van der Waals surface area contributed by atoms with Crippen LogP contribution in [-0.2, 0) is 0 Å². The molecule has 6 nitrogen and oxygen atoms in total. The number of hydrogen-bond acceptors (Lipinski definition) is 5. The van der Waals surface area contributed by atoms with Gasteiger partial charge in [-0.2, -0.15) is 0 Å². The van der Waals surface area contributed by atoms with Crippen molar-refractivity contribution in [2.24, 2.45) is 0 Å². The van der Waals surface area contributed by atoms with Gasteiger partial charge in [0.1, 0.15) is 12.0 Å². The van der Waals surface area contributed by atoms with Crippen LogP contribution in [-0.4, -0.2) is 14.9 Å². The number of nitrogens with zero attached hydrogens (tertiary/aromatic N) is 3. The highest BCUT2D eigenvalue weighted by molar-refractivity contribution is 5.82. The van der Waals surface area contributed by atoms with E-state index in [4.69, 9.17) is 0 Å². The zero-order valence-electron chi connectivity index (χ0n) is 10.4. The van der Waals surface area contributed by atoms with Crippen LogP contribution in [0.1, 0.15) is 0 Å². The average Bonchev–Trinajstić information content (AvgIpc) is 2.48. The maximum atomic E-state index is 10.6. The van der Waals surface area contributed by atoms with Crippen LogP contribution in [0, 0.1) is 10.1 Å². The highest BCUT2D eigenvalue weighted by atomic mass is 16.6. The Balaban J connectivity index is 1.87. The number of anilines is 2. The van der Waals surface area contributed by atoms with Crippen LogP contribution in [0.2, 0.25) is 0 Å². The molecule has 0 atom stereocenters. The van der Waals surface area contributed by atoms with E-state index < -0.39 is 4.92 Å². The van der Waals surface area contributed by atoms with Gasteiger partial charge < -0.3 is 5.32 Å². The molecule has 0 aliphatic rings. The Kier molecular flexibility index (Phi) is 2.96. The van der Waals surface area contributed by atoms with Gasteiger partial charge in [0.2, 0.25) is 0 Å². The Labute approximate surface area is 114 Å². The molecule has 1 N–H and O–H groups in total. The van der Waals surface area contributed by atoms with Crippen molar-refractivity contribution in [1.29, 1.82) is 0 Å². The summed E-state index contributed by atoms with van der Waals surface area (Å²) < 4.78 is 0. The summed E-state index contributed by atoms with van der Waals surface area (Å²) in [6.45, 7) is 0. The van der Waals surface area contributed by atoms with Crippen molar-refractivity contribution >= 4 is 28.1 Å². The molecular weight excluding hydrogens is 256 g/mol. The molecule has 6 heteroatoms. The molecule has 1 aromatic carbocycles. The summed E-state index contributed by atoms with van der Waals surface area (Å²) in [4.78, 5) is 18.4. The molecule has 0 bridgehead atoms. The number of nitro groups is 1. The Hall–Kier alpha value is -3.02. The molecule has 0 radical (unpaired) electrons. The highest BCUT2D eigenvalue weighted by Gasteiger charge is 2.05. The number of hydrogen-bond donors (Lipinski definition) is 1. The first-order valence-electron chi connectivity index (χ1n) is 5.95. The number of benzene rings is 1. The van der Waals surface area contributed by atoms with Crippen molar-refractivity contribution in [3.8, 4) is 0 Å². The Bertz CT molecular complexity index is 771. The fraction of sp³-hybridized carbons (Fsp3) is 0. The second-order valence-corrected chi connectivity index (χ2v) is 4.20. The molecule has 0 spiro atoms. The Morgan fingerprint density at radius 2 is 1.90 bits per heavy atom. The lowest BCUT2D eigenvalue weighted by Crippen LogP contribution is -1.95. The van der Waals surface area contributed by atoms with E-state index in [0.29, 0.717) is 5.82 Å². The average molecular weight is 266 g/mol. The second-order valence-electron chi connectivity index (χ2n) is 4.20. The quantitative estimate of drug-likeness (QED) is 0.581. The van der Waals surface area contributed by atoms with Gasteiger partial charge in [0, 0.05) is 11.5 Å². The van der Waals surface area contributed by atoms with Crippen LogP contribution in [0.15, 0.2) is 54.9 Å². The van der Waals surface area contributed by atoms with E-state index in [9.17, 15) is 10.1 Å². The van der Waals surface area contributed by atoms with E-state index in [1.165, 1.54) is 12.3 Å². The molecular formula is C14H10N4O2. The number of pyridine rings is 2. The summed E-state index contributed by atoms with van der Waals surface area (Å²) in [5.41, 5.74) is 1.66. The van der Waals surface area contributed by atoms with Gasteiger partial charge in [-0.3, -0.25) is 15.1 Å². The number of aromatic nitrogens is 2. The van der Waals surface area contributed by atoms with Gasteiger partial charge in [0.15, 0.2) is 0 Å². The van der Waals surface area contributed by atoms with Crippen molar-refractivity contribution in [2.45, 2.75) is 0 Å². The van der Waals surface area contributed by atoms with Crippen molar-refractivity contribution in [2.75, 3.05) is 5.32 Å². The lowest BCUT2D eigenvalue weighted by Gasteiger charge is -2.05. The fourth-order valence-corrected chi connectivity index (χ4v) is 1.86. The highest BCUT2D eigenvalue weighted by Crippen LogP contribution is 2.20. The van der Waals surface area contributed by atoms with Crippen LogP contribution in [0.4, 0.5) is 17.2 Å². The lowest BCUT2D eigenvalue weighted by atomic mass is 10.2. The van der Waals surface area contributed by atoms with Crippen molar-refractivity contribution in [3.63, 3.8) is 0 Å². The summed E-state index contributed by atoms with van der Waals surface area (Å²) in [5.74, 6) is 0.535. The summed E-state index contributed by atoms with van der Waals surface area (Å²) in [5, 5.41) is 14.6. The summed E-state index contributed by atoms with van der Waals surface area (Å²) in [6, 6.07) is 12.7. The third-order valence-electron chi connectivity index (χ3n) is 2.82. The SMILES string of the molecule is O=[N+]([O-])c1ccc(Nc2cnc3ccccc3c2)nc1. The predicted molar refractivity (Wildman–Crippen MR) is 75.9 cm³/mol. The van der Waals surface area contributed by atoms with E-state index in [0.717, 1.165) is 16.6 Å². The molecule has 2 heterocycles. The van der Waals surface area contributed by atoms with Crippen LogP contribution >= 0.6 is 0 Å². The van der Waals surface area contributed by atoms with Gasteiger partial charge in [0.25, 0.3) is 5.69 Å². The molecule has 3 aromatic rings. The zero-order chi connectivity index (χ0) is 13.9. The smallest absolute Gasteiger partial charge is 0.287 e. The van der Waals surface area contributed by atoms with Gasteiger partial charge >= 0.3 is 0 Å². The molecule has 0 aliphatic heterocycles. The van der Waals surface area contributed by atoms with Gasteiger partial charge in [-0.05, 0) is 18.2 Å². The summed E-state index contributed by atoms with van der Waals surface area (Å²) in [7, 11) is 0. The van der Waals surface area contributed by atoms with Gasteiger partial charge in [-0.25, -0.2) is 4.98 Å². The van der Waals surface area contributed by atoms with Crippen LogP contribution in [0.25, 0.3) is 10.9 Å². The molecule has 0 fully saturated rings. The van der Waals surface area contributed by atoms with Crippen LogP contribution < -0.4 is 5.32 Å². The van der Waals surface area contributed by atoms with Gasteiger partial charge in [-0.1, -0.05) is 18.2 Å². The first-order valence-corrected chi connectivity index (χ1v) is 5.95. The molecule has 98 valence electrons. The van der Waals surface area contributed by atoms with E-state index in [-0.39, 0.29) is 5.69 Å². The van der Waals surface area contributed by atoms with Crippen molar-refractivity contribution in [1.82, 2.24) is 9.97 Å². The van der Waals surface area contributed by atoms with Gasteiger partial charge in [0.05, 0.1) is 22.3 Å². The van der Waals surface area contributed by atoms with Crippen LogP contribution in [0.5, 0.6) is 0 Å². The minimum atomic E-state index is -0.478. The first kappa shape index (κ1) is 12.0. The molecule has 20 heavy (non-hydrogen) atoms. The predicted octanol–water partition coefficient (Wildman–Crippen LogP) is 3.28. The molecule has 0 amide bonds. The number of rotatable bonds is 3. The van der Waals surface area contributed by atoms with E-state index in [1.54, 1.807) is 12.3 Å². The normalized spacial score (nSPS) is 10.4. The Morgan fingerprint density at radius 3 is 2.65 bits per heavy atom. The maximum Gasteiger partial charge on any atom is 0.287 e. The van der Waals surface area contributed by atoms with Gasteiger partial charge in [-0.15, -0.1) is 0 Å². The lowest BCUT2D eigenvalue weighted by molar-refractivity contribution is -0.385. The zero-order valence-corrected chi connectivity index (χ0v) is 10.4. The van der Waals surface area contributed by atoms with E-state index >= 15 is 0 Å². The summed E-state index contributed by atoms with van der Waals surface area (Å²) in [6.07, 6.45) is 2.92. The largest absolute Gasteiger partial charge is 0.339 e. The minimum Gasteiger partial charge on any atom is -0.339 e. The second kappa shape index (κ2) is 4.93. The minimum absolute atomic E-state index is 0.0350. The molecule has 0 saturated carbocycles. The molecule has 0 aliphatic carbocycles. The topological polar surface area (TPSA) is 81.0 Å². The summed E-state index contributed by atoms with van der Waals surface area (Å²) >= 11 is 0. The number of para-hydroxylation sites is 1. The fourth-order valence-electron chi connectivity index (χ4n) is 1.86. The molecule has 2 aromatic heterocycles. The van der Waals surface area contributed by atoms with E-state index in [2.05, 4.69) is 15.3 Å². The molecule has 0 unspecified atom stereocenters. The maximum absolute atomic E-state index is 10.6.